The van der Waals surface area contributed by atoms with Gasteiger partial charge in [-0.1, -0.05) is 17.7 Å². The Balaban J connectivity index is 2.26. The summed E-state index contributed by atoms with van der Waals surface area (Å²) in [4.78, 5) is 2.09. The van der Waals surface area contributed by atoms with Crippen molar-refractivity contribution in [3.8, 4) is 0 Å². The Morgan fingerprint density at radius 1 is 1.18 bits per heavy atom. The van der Waals surface area contributed by atoms with Crippen LogP contribution in [-0.2, 0) is 12.7 Å². The number of hydrogen-bond acceptors (Lipinski definition) is 1. The van der Waals surface area contributed by atoms with E-state index in [2.05, 4.69) is 4.90 Å². The summed E-state index contributed by atoms with van der Waals surface area (Å²) in [5.74, 6) is 0. The molecule has 1 nitrogen and oxygen atoms in total. The molecule has 0 saturated carbocycles. The number of hydrogen-bond donors (Lipinski definition) is 0. The van der Waals surface area contributed by atoms with Gasteiger partial charge < -0.3 is 0 Å². The fourth-order valence-corrected chi connectivity index (χ4v) is 2.31. The van der Waals surface area contributed by atoms with Gasteiger partial charge in [0, 0.05) is 6.54 Å². The van der Waals surface area contributed by atoms with Gasteiger partial charge in [0.05, 0.1) is 5.56 Å². The van der Waals surface area contributed by atoms with E-state index in [4.69, 9.17) is 0 Å². The normalized spacial score (nSPS) is 17.6. The molecule has 1 aliphatic rings. The maximum Gasteiger partial charge on any atom is 0.416 e. The Kier molecular flexibility index (Phi) is 3.43. The molecule has 0 aliphatic carbocycles. The molecule has 0 radical (unpaired) electrons. The lowest BCUT2D eigenvalue weighted by molar-refractivity contribution is -0.138. The molecule has 0 spiro atoms. The molecule has 0 aromatic heterocycles. The van der Waals surface area contributed by atoms with Crippen molar-refractivity contribution in [1.29, 1.82) is 0 Å². The van der Waals surface area contributed by atoms with Crippen molar-refractivity contribution in [1.82, 2.24) is 4.90 Å². The van der Waals surface area contributed by atoms with Gasteiger partial charge in [-0.15, -0.1) is 0 Å². The number of halogens is 3. The van der Waals surface area contributed by atoms with E-state index in [1.807, 2.05) is 6.92 Å². The number of alkyl halides is 3. The Labute approximate surface area is 99.2 Å². The maximum atomic E-state index is 12.8. The molecule has 17 heavy (non-hydrogen) atoms. The van der Waals surface area contributed by atoms with E-state index >= 15 is 0 Å². The molecule has 1 aromatic carbocycles. The van der Waals surface area contributed by atoms with Crippen molar-refractivity contribution >= 4 is 0 Å². The molecule has 2 rings (SSSR count). The zero-order valence-electron chi connectivity index (χ0n) is 9.85. The molecule has 0 amide bonds. The predicted octanol–water partition coefficient (Wildman–Crippen LogP) is 3.61. The first kappa shape index (κ1) is 12.4. The summed E-state index contributed by atoms with van der Waals surface area (Å²) in [6, 6.07) is 4.37. The first-order valence-electron chi connectivity index (χ1n) is 5.86. The van der Waals surface area contributed by atoms with Gasteiger partial charge in [0.2, 0.25) is 0 Å². The van der Waals surface area contributed by atoms with Crippen LogP contribution in [0.5, 0.6) is 0 Å². The van der Waals surface area contributed by atoms with Gasteiger partial charge in [-0.05, 0) is 44.5 Å². The topological polar surface area (TPSA) is 3.24 Å². The van der Waals surface area contributed by atoms with E-state index in [1.165, 1.54) is 12.1 Å². The zero-order valence-corrected chi connectivity index (χ0v) is 9.85. The molecule has 4 heteroatoms. The highest BCUT2D eigenvalue weighted by molar-refractivity contribution is 5.33. The summed E-state index contributed by atoms with van der Waals surface area (Å²) >= 11 is 0. The quantitative estimate of drug-likeness (QED) is 0.767. The fraction of sp³-hybridized carbons (Fsp3) is 0.538. The number of benzene rings is 1. The number of nitrogens with zero attached hydrogens (tertiary/aromatic N) is 1. The molecule has 1 aromatic rings. The third-order valence-electron chi connectivity index (χ3n) is 3.16. The summed E-state index contributed by atoms with van der Waals surface area (Å²) in [7, 11) is 0. The van der Waals surface area contributed by atoms with Crippen molar-refractivity contribution in [3.05, 3.63) is 34.9 Å². The molecule has 0 atom stereocenters. The lowest BCUT2D eigenvalue weighted by Crippen LogP contribution is -2.21. The smallest absolute Gasteiger partial charge is 0.299 e. The average Bonchev–Trinajstić information content (AvgIpc) is 2.68. The van der Waals surface area contributed by atoms with Crippen molar-refractivity contribution in [2.75, 3.05) is 13.1 Å². The predicted molar refractivity (Wildman–Crippen MR) is 60.7 cm³/mol. The minimum Gasteiger partial charge on any atom is -0.299 e. The van der Waals surface area contributed by atoms with Gasteiger partial charge >= 0.3 is 6.18 Å². The van der Waals surface area contributed by atoms with Crippen LogP contribution in [0.15, 0.2) is 18.2 Å². The summed E-state index contributed by atoms with van der Waals surface area (Å²) in [5, 5.41) is 0. The fourth-order valence-electron chi connectivity index (χ4n) is 2.31. The van der Waals surface area contributed by atoms with E-state index in [-0.39, 0.29) is 0 Å². The molecule has 0 bridgehead atoms. The third kappa shape index (κ3) is 3.00. The van der Waals surface area contributed by atoms with Crippen LogP contribution in [0.3, 0.4) is 0 Å². The summed E-state index contributed by atoms with van der Waals surface area (Å²) in [5.41, 5.74) is 0.793. The van der Waals surface area contributed by atoms with Crippen LogP contribution in [-0.4, -0.2) is 18.0 Å². The van der Waals surface area contributed by atoms with Crippen molar-refractivity contribution < 1.29 is 13.2 Å². The summed E-state index contributed by atoms with van der Waals surface area (Å²) in [6.07, 6.45) is -2.07. The largest absolute Gasteiger partial charge is 0.416 e. The molecular weight excluding hydrogens is 227 g/mol. The lowest BCUT2D eigenvalue weighted by atomic mass is 10.0. The number of rotatable bonds is 2. The minimum atomic E-state index is -4.25. The third-order valence-corrected chi connectivity index (χ3v) is 3.16. The van der Waals surface area contributed by atoms with E-state index in [9.17, 15) is 13.2 Å². The van der Waals surface area contributed by atoms with Crippen LogP contribution in [0.25, 0.3) is 0 Å². The van der Waals surface area contributed by atoms with Crippen LogP contribution < -0.4 is 0 Å². The highest BCUT2D eigenvalue weighted by Gasteiger charge is 2.33. The standard InChI is InChI=1S/C13H16F3N/c1-10-4-5-12(13(14,15)16)11(8-10)9-17-6-2-3-7-17/h4-5,8H,2-3,6-7,9H2,1H3. The Morgan fingerprint density at radius 2 is 1.82 bits per heavy atom. The SMILES string of the molecule is Cc1ccc(C(F)(F)F)c(CN2CCCC2)c1. The van der Waals surface area contributed by atoms with Crippen LogP contribution in [0, 0.1) is 6.92 Å². The van der Waals surface area contributed by atoms with Gasteiger partial charge in [0.25, 0.3) is 0 Å². The average molecular weight is 243 g/mol. The molecule has 0 unspecified atom stereocenters. The Morgan fingerprint density at radius 3 is 2.41 bits per heavy atom. The molecule has 1 saturated heterocycles. The van der Waals surface area contributed by atoms with E-state index in [1.54, 1.807) is 6.07 Å². The van der Waals surface area contributed by atoms with Crippen LogP contribution in [0.1, 0.15) is 29.5 Å². The molecule has 94 valence electrons. The molecule has 1 aliphatic heterocycles. The number of aryl methyl sites for hydroxylation is 1. The van der Waals surface area contributed by atoms with Gasteiger partial charge in [0.1, 0.15) is 0 Å². The van der Waals surface area contributed by atoms with Gasteiger partial charge in [-0.3, -0.25) is 4.90 Å². The second-order valence-electron chi connectivity index (χ2n) is 4.64. The molecule has 1 fully saturated rings. The molecular formula is C13H16F3N. The zero-order chi connectivity index (χ0) is 12.5. The minimum absolute atomic E-state index is 0.402. The highest BCUT2D eigenvalue weighted by Crippen LogP contribution is 2.33. The number of likely N-dealkylation sites (tertiary alicyclic amines) is 1. The summed E-state index contributed by atoms with van der Waals surface area (Å²) in [6.45, 7) is 4.06. The van der Waals surface area contributed by atoms with Crippen molar-refractivity contribution in [2.45, 2.75) is 32.5 Å². The van der Waals surface area contributed by atoms with Gasteiger partial charge in [-0.25, -0.2) is 0 Å². The first-order valence-corrected chi connectivity index (χ1v) is 5.86. The van der Waals surface area contributed by atoms with Gasteiger partial charge in [-0.2, -0.15) is 13.2 Å². The molecule has 0 N–H and O–H groups in total. The van der Waals surface area contributed by atoms with Crippen molar-refractivity contribution in [3.63, 3.8) is 0 Å². The lowest BCUT2D eigenvalue weighted by Gasteiger charge is -2.19. The van der Waals surface area contributed by atoms with E-state index in [0.29, 0.717) is 12.1 Å². The van der Waals surface area contributed by atoms with Crippen LogP contribution in [0.4, 0.5) is 13.2 Å². The van der Waals surface area contributed by atoms with Crippen LogP contribution in [0.2, 0.25) is 0 Å². The van der Waals surface area contributed by atoms with Crippen LogP contribution >= 0.6 is 0 Å². The first-order chi connectivity index (χ1) is 7.97. The second-order valence-corrected chi connectivity index (χ2v) is 4.64. The Bertz CT molecular complexity index is 392. The van der Waals surface area contributed by atoms with E-state index in [0.717, 1.165) is 31.5 Å². The summed E-state index contributed by atoms with van der Waals surface area (Å²) < 4.78 is 38.5. The molecule has 1 heterocycles. The van der Waals surface area contributed by atoms with E-state index < -0.39 is 11.7 Å². The van der Waals surface area contributed by atoms with Crippen molar-refractivity contribution in [2.24, 2.45) is 0 Å². The highest BCUT2D eigenvalue weighted by atomic mass is 19.4. The second kappa shape index (κ2) is 4.69. The maximum absolute atomic E-state index is 12.8. The van der Waals surface area contributed by atoms with Gasteiger partial charge in [0.15, 0.2) is 0 Å². The Hall–Kier alpha value is -1.03. The monoisotopic (exact) mass is 243 g/mol.